The van der Waals surface area contributed by atoms with Crippen LogP contribution in [0.25, 0.3) is 10.9 Å². The number of carboxylic acid groups (broad SMARTS) is 1. The molecule has 0 aliphatic rings. The molecule has 1 N–H and O–H groups in total. The third-order valence-corrected chi connectivity index (χ3v) is 5.74. The Morgan fingerprint density at radius 3 is 2.54 bits per heavy atom. The normalized spacial score (nSPS) is 10.9. The van der Waals surface area contributed by atoms with Crippen LogP contribution < -0.4 is 0 Å². The first-order valence-electron chi connectivity index (χ1n) is 7.95. The second kappa shape index (κ2) is 6.68. The Labute approximate surface area is 161 Å². The van der Waals surface area contributed by atoms with E-state index in [-0.39, 0.29) is 10.6 Å². The average molecular weight is 387 g/mol. The molecule has 0 amide bonds. The zero-order valence-corrected chi connectivity index (χ0v) is 16.0. The highest BCUT2D eigenvalue weighted by Crippen LogP contribution is 2.34. The van der Waals surface area contributed by atoms with Crippen LogP contribution in [0.2, 0.25) is 10.0 Å². The van der Waals surface area contributed by atoms with Crippen molar-refractivity contribution in [3.63, 3.8) is 0 Å². The van der Waals surface area contributed by atoms with Crippen LogP contribution in [0.15, 0.2) is 24.3 Å². The lowest BCUT2D eigenvalue weighted by atomic mass is 10.0. The lowest BCUT2D eigenvalue weighted by molar-refractivity contribution is 0.0697. The molecule has 0 radical (unpaired) electrons. The minimum Gasteiger partial charge on any atom is -0.478 e. The van der Waals surface area contributed by atoms with Gasteiger partial charge in [0.05, 0.1) is 22.2 Å². The van der Waals surface area contributed by atoms with Gasteiger partial charge in [-0.15, -0.1) is 0 Å². The monoisotopic (exact) mass is 386 g/mol. The van der Waals surface area contributed by atoms with Gasteiger partial charge in [0.2, 0.25) is 0 Å². The summed E-state index contributed by atoms with van der Waals surface area (Å²) in [5.74, 6) is -1.08. The summed E-state index contributed by atoms with van der Waals surface area (Å²) in [6.07, 6.45) is 0.395. The number of rotatable bonds is 3. The molecule has 0 unspecified atom stereocenters. The Kier molecular flexibility index (Phi) is 4.70. The van der Waals surface area contributed by atoms with Gasteiger partial charge in [-0.25, -0.2) is 4.79 Å². The van der Waals surface area contributed by atoms with E-state index in [0.29, 0.717) is 28.1 Å². The SMILES string of the molecule is Cc1cc(C(=O)O)c(Cl)c(Cc2cc3c(C)c(C#N)ccc3n2C)c1Cl. The molecule has 3 rings (SSSR count). The lowest BCUT2D eigenvalue weighted by Crippen LogP contribution is -2.05. The molecule has 0 spiro atoms. The molecule has 3 aromatic rings. The van der Waals surface area contributed by atoms with E-state index in [2.05, 4.69) is 6.07 Å². The zero-order chi connectivity index (χ0) is 19.2. The van der Waals surface area contributed by atoms with Gasteiger partial charge in [0, 0.05) is 35.1 Å². The molecule has 0 bridgehead atoms. The van der Waals surface area contributed by atoms with Gasteiger partial charge in [0.25, 0.3) is 0 Å². The Balaban J connectivity index is 2.19. The van der Waals surface area contributed by atoms with E-state index in [1.807, 2.05) is 30.7 Å². The van der Waals surface area contributed by atoms with Crippen molar-refractivity contribution in [1.82, 2.24) is 4.57 Å². The van der Waals surface area contributed by atoms with E-state index in [1.165, 1.54) is 6.07 Å². The Hall–Kier alpha value is -2.48. The molecule has 0 aliphatic carbocycles. The van der Waals surface area contributed by atoms with E-state index in [0.717, 1.165) is 22.2 Å². The standard InChI is InChI=1S/C20H16Cl2N2O2/c1-10-6-16(20(25)26)19(22)15(18(10)21)8-13-7-14-11(2)12(9-23)4-5-17(14)24(13)3/h4-7H,8H2,1-3H3,(H,25,26). The number of aromatic nitrogens is 1. The summed E-state index contributed by atoms with van der Waals surface area (Å²) < 4.78 is 2.01. The number of nitriles is 1. The largest absolute Gasteiger partial charge is 0.478 e. The Morgan fingerprint density at radius 2 is 1.92 bits per heavy atom. The van der Waals surface area contributed by atoms with Crippen LogP contribution in [0.5, 0.6) is 0 Å². The van der Waals surface area contributed by atoms with Gasteiger partial charge >= 0.3 is 5.97 Å². The summed E-state index contributed by atoms with van der Waals surface area (Å²) in [5.41, 5.74) is 4.79. The molecule has 2 aromatic carbocycles. The van der Waals surface area contributed by atoms with E-state index in [1.54, 1.807) is 13.0 Å². The van der Waals surface area contributed by atoms with Crippen LogP contribution in [0.1, 0.15) is 38.3 Å². The number of carbonyl (C=O) groups is 1. The first-order valence-corrected chi connectivity index (χ1v) is 8.70. The highest BCUT2D eigenvalue weighted by atomic mass is 35.5. The summed E-state index contributed by atoms with van der Waals surface area (Å²) in [6, 6.07) is 9.39. The van der Waals surface area contributed by atoms with Crippen LogP contribution in [-0.4, -0.2) is 15.6 Å². The molecule has 6 heteroatoms. The second-order valence-electron chi connectivity index (χ2n) is 6.31. The number of halogens is 2. The summed E-state index contributed by atoms with van der Waals surface area (Å²) >= 11 is 12.8. The fourth-order valence-corrected chi connectivity index (χ4v) is 3.79. The first-order chi connectivity index (χ1) is 12.3. The molecular weight excluding hydrogens is 371 g/mol. The third-order valence-electron chi connectivity index (χ3n) is 4.78. The lowest BCUT2D eigenvalue weighted by Gasteiger charge is -2.13. The first kappa shape index (κ1) is 18.3. The fraction of sp³-hybridized carbons (Fsp3) is 0.200. The predicted octanol–water partition coefficient (Wildman–Crippen LogP) is 5.26. The number of nitrogens with zero attached hydrogens (tertiary/aromatic N) is 2. The van der Waals surface area contributed by atoms with Crippen molar-refractivity contribution < 1.29 is 9.90 Å². The van der Waals surface area contributed by atoms with Crippen molar-refractivity contribution in [2.75, 3.05) is 0 Å². The van der Waals surface area contributed by atoms with Gasteiger partial charge in [-0.05, 0) is 54.8 Å². The van der Waals surface area contributed by atoms with E-state index < -0.39 is 5.97 Å². The number of aryl methyl sites for hydroxylation is 3. The smallest absolute Gasteiger partial charge is 0.337 e. The van der Waals surface area contributed by atoms with Crippen molar-refractivity contribution in [3.8, 4) is 6.07 Å². The van der Waals surface area contributed by atoms with Crippen LogP contribution in [0, 0.1) is 25.2 Å². The van der Waals surface area contributed by atoms with E-state index >= 15 is 0 Å². The summed E-state index contributed by atoms with van der Waals surface area (Å²) in [5, 5.41) is 20.2. The van der Waals surface area contributed by atoms with Crippen molar-refractivity contribution in [3.05, 3.63) is 67.8 Å². The number of carboxylic acids is 1. The molecule has 0 saturated heterocycles. The minimum absolute atomic E-state index is 0.0466. The maximum Gasteiger partial charge on any atom is 0.337 e. The average Bonchev–Trinajstić information content (AvgIpc) is 2.92. The van der Waals surface area contributed by atoms with Gasteiger partial charge in [-0.2, -0.15) is 5.26 Å². The fourth-order valence-electron chi connectivity index (χ4n) is 3.23. The quantitative estimate of drug-likeness (QED) is 0.667. The molecule has 0 atom stereocenters. The molecule has 0 saturated carbocycles. The van der Waals surface area contributed by atoms with Crippen LogP contribution in [0.4, 0.5) is 0 Å². The maximum atomic E-state index is 11.4. The second-order valence-corrected chi connectivity index (χ2v) is 7.06. The highest BCUT2D eigenvalue weighted by Gasteiger charge is 2.20. The molecule has 0 aliphatic heterocycles. The van der Waals surface area contributed by atoms with Crippen LogP contribution in [0.3, 0.4) is 0 Å². The molecule has 132 valence electrons. The highest BCUT2D eigenvalue weighted by molar-refractivity contribution is 6.38. The van der Waals surface area contributed by atoms with Crippen molar-refractivity contribution in [2.24, 2.45) is 7.05 Å². The van der Waals surface area contributed by atoms with Crippen molar-refractivity contribution >= 4 is 40.1 Å². The number of benzene rings is 2. The Morgan fingerprint density at radius 1 is 1.23 bits per heavy atom. The topological polar surface area (TPSA) is 66.0 Å². The maximum absolute atomic E-state index is 11.4. The van der Waals surface area contributed by atoms with Gasteiger partial charge in [-0.1, -0.05) is 23.2 Å². The third kappa shape index (κ3) is 2.84. The van der Waals surface area contributed by atoms with Crippen molar-refractivity contribution in [2.45, 2.75) is 20.3 Å². The number of aromatic carboxylic acids is 1. The summed E-state index contributed by atoms with van der Waals surface area (Å²) in [6.45, 7) is 3.68. The predicted molar refractivity (Wildman–Crippen MR) is 103 cm³/mol. The molecular formula is C20H16Cl2N2O2. The number of hydrogen-bond donors (Lipinski definition) is 1. The van der Waals surface area contributed by atoms with Gasteiger partial charge in [-0.3, -0.25) is 0 Å². The number of fused-ring (bicyclic) bond motifs is 1. The van der Waals surface area contributed by atoms with Gasteiger partial charge in [0.15, 0.2) is 0 Å². The number of hydrogen-bond acceptors (Lipinski definition) is 2. The van der Waals surface area contributed by atoms with Crippen LogP contribution >= 0.6 is 23.2 Å². The summed E-state index contributed by atoms with van der Waals surface area (Å²) in [4.78, 5) is 11.4. The zero-order valence-electron chi connectivity index (χ0n) is 14.5. The van der Waals surface area contributed by atoms with E-state index in [4.69, 9.17) is 23.2 Å². The molecule has 0 fully saturated rings. The summed E-state index contributed by atoms with van der Waals surface area (Å²) in [7, 11) is 1.93. The molecule has 26 heavy (non-hydrogen) atoms. The van der Waals surface area contributed by atoms with Crippen LogP contribution in [-0.2, 0) is 13.5 Å². The molecule has 1 aromatic heterocycles. The molecule has 1 heterocycles. The van der Waals surface area contributed by atoms with Gasteiger partial charge < -0.3 is 9.67 Å². The van der Waals surface area contributed by atoms with Crippen molar-refractivity contribution in [1.29, 1.82) is 5.26 Å². The van der Waals surface area contributed by atoms with Gasteiger partial charge in [0.1, 0.15) is 0 Å². The Bertz CT molecular complexity index is 1110. The van der Waals surface area contributed by atoms with E-state index in [9.17, 15) is 15.2 Å². The molecule has 4 nitrogen and oxygen atoms in total. The minimum atomic E-state index is -1.08.